The molecule has 1 aliphatic carbocycles. The van der Waals surface area contributed by atoms with Crippen LogP contribution in [0.1, 0.15) is 39.5 Å². The van der Waals surface area contributed by atoms with Gasteiger partial charge in [0.05, 0.1) is 0 Å². The Kier molecular flexibility index (Phi) is 6.62. The van der Waals surface area contributed by atoms with E-state index in [2.05, 4.69) is 16.0 Å². The zero-order chi connectivity index (χ0) is 15.5. The second-order valence-electron chi connectivity index (χ2n) is 5.72. The Hall–Kier alpha value is -1.34. The van der Waals surface area contributed by atoms with Gasteiger partial charge in [-0.3, -0.25) is 9.59 Å². The fourth-order valence-electron chi connectivity index (χ4n) is 3.03. The summed E-state index contributed by atoms with van der Waals surface area (Å²) in [6, 6.07) is -1.23. The zero-order valence-corrected chi connectivity index (χ0v) is 13.9. The van der Waals surface area contributed by atoms with Crippen LogP contribution >= 0.6 is 12.4 Å². The van der Waals surface area contributed by atoms with E-state index in [-0.39, 0.29) is 24.2 Å². The zero-order valence-electron chi connectivity index (χ0n) is 13.1. The smallest absolute Gasteiger partial charge is 0.325 e. The first-order valence-corrected chi connectivity index (χ1v) is 7.66. The van der Waals surface area contributed by atoms with Crippen molar-refractivity contribution in [1.29, 1.82) is 0 Å². The molecular weight excluding hydrogens is 308 g/mol. The summed E-state index contributed by atoms with van der Waals surface area (Å²) in [6.45, 7) is 5.55. The van der Waals surface area contributed by atoms with Gasteiger partial charge in [-0.1, -0.05) is 19.8 Å². The fourth-order valence-corrected chi connectivity index (χ4v) is 3.03. The van der Waals surface area contributed by atoms with Crippen molar-refractivity contribution in [2.45, 2.75) is 51.1 Å². The van der Waals surface area contributed by atoms with E-state index in [1.54, 1.807) is 6.92 Å². The van der Waals surface area contributed by atoms with Crippen LogP contribution in [-0.2, 0) is 9.59 Å². The van der Waals surface area contributed by atoms with E-state index < -0.39 is 17.6 Å². The summed E-state index contributed by atoms with van der Waals surface area (Å²) in [5, 5.41) is 8.62. The minimum Gasteiger partial charge on any atom is -0.353 e. The highest BCUT2D eigenvalue weighted by Gasteiger charge is 2.54. The van der Waals surface area contributed by atoms with E-state index in [1.165, 1.54) is 0 Å². The molecule has 4 amide bonds. The van der Waals surface area contributed by atoms with Gasteiger partial charge in [0.25, 0.3) is 5.91 Å². The molecule has 126 valence electrons. The molecule has 0 radical (unpaired) electrons. The molecule has 2 aliphatic rings. The van der Waals surface area contributed by atoms with Crippen molar-refractivity contribution in [3.05, 3.63) is 0 Å². The lowest BCUT2D eigenvalue weighted by Gasteiger charge is -2.23. The molecule has 1 spiro atoms. The summed E-state index contributed by atoms with van der Waals surface area (Å²) in [7, 11) is 0. The Labute approximate surface area is 137 Å². The number of rotatable bonds is 6. The quantitative estimate of drug-likeness (QED) is 0.485. The van der Waals surface area contributed by atoms with Crippen LogP contribution in [0.25, 0.3) is 0 Å². The standard InChI is InChI=1S/C14H24N4O3.ClH/c1-3-15-8-9-16-11(19)10(2)18-12(20)14(17-13(18)21)6-4-5-7-14;/h10,15H,3-9H2,1-2H3,(H,16,19)(H,17,21);1H. The molecule has 0 aromatic carbocycles. The highest BCUT2D eigenvalue weighted by Crippen LogP contribution is 2.35. The van der Waals surface area contributed by atoms with Crippen LogP contribution in [0.3, 0.4) is 0 Å². The molecule has 1 unspecified atom stereocenters. The molecule has 0 aromatic heterocycles. The molecule has 1 saturated carbocycles. The maximum atomic E-state index is 12.5. The van der Waals surface area contributed by atoms with Gasteiger partial charge in [0, 0.05) is 13.1 Å². The van der Waals surface area contributed by atoms with Gasteiger partial charge >= 0.3 is 6.03 Å². The third-order valence-electron chi connectivity index (χ3n) is 4.27. The van der Waals surface area contributed by atoms with Gasteiger partial charge in [-0.15, -0.1) is 12.4 Å². The monoisotopic (exact) mass is 332 g/mol. The molecule has 1 aliphatic heterocycles. The number of carbonyl (C=O) groups excluding carboxylic acids is 3. The summed E-state index contributed by atoms with van der Waals surface area (Å²) in [4.78, 5) is 37.7. The second-order valence-corrected chi connectivity index (χ2v) is 5.72. The molecule has 8 heteroatoms. The molecule has 22 heavy (non-hydrogen) atoms. The third-order valence-corrected chi connectivity index (χ3v) is 4.27. The van der Waals surface area contributed by atoms with Gasteiger partial charge in [-0.05, 0) is 26.3 Å². The molecule has 7 nitrogen and oxygen atoms in total. The first-order chi connectivity index (χ1) is 10.0. The van der Waals surface area contributed by atoms with E-state index in [0.29, 0.717) is 25.9 Å². The van der Waals surface area contributed by atoms with E-state index in [1.807, 2.05) is 6.92 Å². The van der Waals surface area contributed by atoms with Gasteiger partial charge in [0.2, 0.25) is 5.91 Å². The molecule has 0 bridgehead atoms. The minimum atomic E-state index is -0.779. The first-order valence-electron chi connectivity index (χ1n) is 7.66. The van der Waals surface area contributed by atoms with Crippen LogP contribution in [0.2, 0.25) is 0 Å². The summed E-state index contributed by atoms with van der Waals surface area (Å²) >= 11 is 0. The second kappa shape index (κ2) is 7.78. The summed E-state index contributed by atoms with van der Waals surface area (Å²) < 4.78 is 0. The number of nitrogens with one attached hydrogen (secondary N) is 3. The average Bonchev–Trinajstić information content (AvgIpc) is 3.01. The summed E-state index contributed by atoms with van der Waals surface area (Å²) in [5.74, 6) is -0.550. The SMILES string of the molecule is CCNCCNC(=O)C(C)N1C(=O)NC2(CCCC2)C1=O.Cl. The largest absolute Gasteiger partial charge is 0.353 e. The molecule has 1 atom stereocenters. The topological polar surface area (TPSA) is 90.5 Å². The van der Waals surface area contributed by atoms with Crippen LogP contribution in [-0.4, -0.2) is 54.0 Å². The van der Waals surface area contributed by atoms with Crippen molar-refractivity contribution >= 4 is 30.3 Å². The van der Waals surface area contributed by atoms with Gasteiger partial charge in [0.1, 0.15) is 11.6 Å². The molecule has 0 aromatic rings. The van der Waals surface area contributed by atoms with Crippen molar-refractivity contribution in [2.75, 3.05) is 19.6 Å². The number of amides is 4. The number of likely N-dealkylation sites (N-methyl/N-ethyl adjacent to an activating group) is 1. The molecule has 3 N–H and O–H groups in total. The van der Waals surface area contributed by atoms with E-state index in [4.69, 9.17) is 0 Å². The van der Waals surface area contributed by atoms with Crippen molar-refractivity contribution in [1.82, 2.24) is 20.9 Å². The van der Waals surface area contributed by atoms with Crippen LogP contribution < -0.4 is 16.0 Å². The lowest BCUT2D eigenvalue weighted by atomic mass is 9.97. The van der Waals surface area contributed by atoms with E-state index in [9.17, 15) is 14.4 Å². The van der Waals surface area contributed by atoms with Crippen molar-refractivity contribution in [2.24, 2.45) is 0 Å². The Morgan fingerprint density at radius 3 is 2.55 bits per heavy atom. The Morgan fingerprint density at radius 1 is 1.32 bits per heavy atom. The average molecular weight is 333 g/mol. The predicted molar refractivity (Wildman–Crippen MR) is 84.8 cm³/mol. The Balaban J connectivity index is 0.00000242. The number of imide groups is 1. The first kappa shape index (κ1) is 18.7. The van der Waals surface area contributed by atoms with Crippen LogP contribution in [0, 0.1) is 0 Å². The summed E-state index contributed by atoms with van der Waals surface area (Å²) in [5.41, 5.74) is -0.755. The predicted octanol–water partition coefficient (Wildman–Crippen LogP) is 0.387. The maximum Gasteiger partial charge on any atom is 0.325 e. The number of hydrogen-bond donors (Lipinski definition) is 3. The highest BCUT2D eigenvalue weighted by atomic mass is 35.5. The van der Waals surface area contributed by atoms with E-state index >= 15 is 0 Å². The number of halogens is 1. The number of nitrogens with zero attached hydrogens (tertiary/aromatic N) is 1. The minimum absolute atomic E-state index is 0. The van der Waals surface area contributed by atoms with Crippen molar-refractivity contribution in [3.63, 3.8) is 0 Å². The highest BCUT2D eigenvalue weighted by molar-refractivity contribution is 6.09. The lowest BCUT2D eigenvalue weighted by Crippen LogP contribution is -2.50. The number of hydrogen-bond acceptors (Lipinski definition) is 4. The van der Waals surface area contributed by atoms with Gasteiger partial charge in [0.15, 0.2) is 0 Å². The molecule has 1 saturated heterocycles. The fraction of sp³-hybridized carbons (Fsp3) is 0.786. The van der Waals surface area contributed by atoms with Crippen LogP contribution in [0.15, 0.2) is 0 Å². The van der Waals surface area contributed by atoms with Gasteiger partial charge in [-0.25, -0.2) is 9.69 Å². The third kappa shape index (κ3) is 3.52. The maximum absolute atomic E-state index is 12.5. The Morgan fingerprint density at radius 2 is 1.95 bits per heavy atom. The van der Waals surface area contributed by atoms with Crippen LogP contribution in [0.5, 0.6) is 0 Å². The normalized spacial score (nSPS) is 20.7. The molecule has 2 rings (SSSR count). The van der Waals surface area contributed by atoms with Gasteiger partial charge < -0.3 is 16.0 Å². The number of carbonyl (C=O) groups is 3. The van der Waals surface area contributed by atoms with Crippen molar-refractivity contribution < 1.29 is 14.4 Å². The molecule has 1 heterocycles. The number of urea groups is 1. The summed E-state index contributed by atoms with van der Waals surface area (Å²) in [6.07, 6.45) is 3.21. The van der Waals surface area contributed by atoms with Crippen LogP contribution in [0.4, 0.5) is 4.79 Å². The molecule has 2 fully saturated rings. The lowest BCUT2D eigenvalue weighted by molar-refractivity contribution is -0.137. The van der Waals surface area contributed by atoms with E-state index in [0.717, 1.165) is 24.3 Å². The van der Waals surface area contributed by atoms with Crippen molar-refractivity contribution in [3.8, 4) is 0 Å². The Bertz CT molecular complexity index is 438. The molecular formula is C14H25ClN4O3. The van der Waals surface area contributed by atoms with Gasteiger partial charge in [-0.2, -0.15) is 0 Å².